The van der Waals surface area contributed by atoms with E-state index in [-0.39, 0.29) is 11.3 Å². The average molecular weight is 368 g/mol. The van der Waals surface area contributed by atoms with Crippen LogP contribution in [0.3, 0.4) is 0 Å². The second-order valence-corrected chi connectivity index (χ2v) is 9.63. The minimum Gasteiger partial charge on any atom is -0.282 e. The molecule has 0 saturated heterocycles. The van der Waals surface area contributed by atoms with Crippen LogP contribution in [0.2, 0.25) is 0 Å². The molecule has 6 rings (SSSR count). The van der Waals surface area contributed by atoms with E-state index in [2.05, 4.69) is 22.3 Å². The van der Waals surface area contributed by atoms with Crippen molar-refractivity contribution in [1.29, 1.82) is 0 Å². The number of carbonyl (C=O) groups is 1. The minimum atomic E-state index is 0.0297. The largest absolute Gasteiger partial charge is 0.282 e. The molecule has 0 spiro atoms. The Kier molecular flexibility index (Phi) is 3.89. The predicted octanol–water partition coefficient (Wildman–Crippen LogP) is 4.56. The van der Waals surface area contributed by atoms with E-state index < -0.39 is 0 Å². The van der Waals surface area contributed by atoms with Gasteiger partial charge in [-0.05, 0) is 61.8 Å². The molecular formula is C21H25N3OS. The Balaban J connectivity index is 1.43. The zero-order valence-electron chi connectivity index (χ0n) is 15.2. The van der Waals surface area contributed by atoms with Crippen LogP contribution in [0.15, 0.2) is 30.3 Å². The summed E-state index contributed by atoms with van der Waals surface area (Å²) in [5.41, 5.74) is 1.37. The number of nitrogens with zero attached hydrogens (tertiary/aromatic N) is 3. The summed E-state index contributed by atoms with van der Waals surface area (Å²) in [6.45, 7) is 2.18. The fourth-order valence-electron chi connectivity index (χ4n) is 5.99. The number of anilines is 1. The van der Waals surface area contributed by atoms with Crippen LogP contribution >= 0.6 is 11.3 Å². The van der Waals surface area contributed by atoms with Crippen LogP contribution in [0.4, 0.5) is 5.13 Å². The molecule has 4 aliphatic carbocycles. The molecule has 4 bridgehead atoms. The maximum Gasteiger partial charge on any atom is 0.226 e. The number of rotatable bonds is 4. The Morgan fingerprint density at radius 1 is 1.08 bits per heavy atom. The quantitative estimate of drug-likeness (QED) is 0.796. The molecule has 0 unspecified atom stereocenters. The molecule has 1 aromatic carbocycles. The van der Waals surface area contributed by atoms with Crippen LogP contribution in [0, 0.1) is 17.8 Å². The standard InChI is InChI=1S/C21H25N3OS/c1-14(25)24(13-15-5-3-2-4-6-15)20-23-22-19(26-20)21-10-16-7-17(11-21)9-18(8-16)12-21/h2-6,16-18H,7-13H2,1H3. The first-order valence-electron chi connectivity index (χ1n) is 9.77. The van der Waals surface area contributed by atoms with Gasteiger partial charge >= 0.3 is 0 Å². The second-order valence-electron chi connectivity index (χ2n) is 8.68. The molecule has 4 fully saturated rings. The number of aromatic nitrogens is 2. The summed E-state index contributed by atoms with van der Waals surface area (Å²) >= 11 is 1.66. The van der Waals surface area contributed by atoms with Gasteiger partial charge in [0.15, 0.2) is 0 Å². The lowest BCUT2D eigenvalue weighted by Gasteiger charge is -2.55. The van der Waals surface area contributed by atoms with Crippen molar-refractivity contribution in [2.75, 3.05) is 4.90 Å². The van der Waals surface area contributed by atoms with Crippen LogP contribution in [0.25, 0.3) is 0 Å². The number of benzene rings is 1. The van der Waals surface area contributed by atoms with Crippen molar-refractivity contribution in [3.05, 3.63) is 40.9 Å². The maximum absolute atomic E-state index is 12.3. The third kappa shape index (κ3) is 2.77. The number of amides is 1. The molecule has 4 nitrogen and oxygen atoms in total. The first kappa shape index (κ1) is 16.4. The molecule has 4 saturated carbocycles. The lowest BCUT2D eigenvalue weighted by molar-refractivity contribution is -0.116. The van der Waals surface area contributed by atoms with E-state index >= 15 is 0 Å². The molecule has 136 valence electrons. The first-order valence-corrected chi connectivity index (χ1v) is 10.6. The van der Waals surface area contributed by atoms with E-state index in [1.807, 2.05) is 18.2 Å². The van der Waals surface area contributed by atoms with E-state index in [9.17, 15) is 4.79 Å². The highest BCUT2D eigenvalue weighted by Crippen LogP contribution is 2.61. The smallest absolute Gasteiger partial charge is 0.226 e. The van der Waals surface area contributed by atoms with Crippen LogP contribution in [-0.2, 0) is 16.8 Å². The van der Waals surface area contributed by atoms with E-state index in [1.165, 1.54) is 43.5 Å². The van der Waals surface area contributed by atoms with Crippen LogP contribution in [-0.4, -0.2) is 16.1 Å². The molecule has 0 atom stereocenters. The molecular weight excluding hydrogens is 342 g/mol. The first-order chi connectivity index (χ1) is 12.6. The van der Waals surface area contributed by atoms with Crippen molar-refractivity contribution < 1.29 is 4.79 Å². The van der Waals surface area contributed by atoms with E-state index in [0.717, 1.165) is 28.4 Å². The summed E-state index contributed by atoms with van der Waals surface area (Å²) in [7, 11) is 0. The highest BCUT2D eigenvalue weighted by atomic mass is 32.1. The van der Waals surface area contributed by atoms with Crippen molar-refractivity contribution in [2.24, 2.45) is 17.8 Å². The zero-order valence-corrected chi connectivity index (χ0v) is 16.0. The Hall–Kier alpha value is -1.75. The van der Waals surface area contributed by atoms with Gasteiger partial charge in [0.2, 0.25) is 11.0 Å². The van der Waals surface area contributed by atoms with Crippen LogP contribution in [0.5, 0.6) is 0 Å². The van der Waals surface area contributed by atoms with E-state index in [0.29, 0.717) is 6.54 Å². The topological polar surface area (TPSA) is 46.1 Å². The van der Waals surface area contributed by atoms with Gasteiger partial charge in [0.05, 0.1) is 6.54 Å². The maximum atomic E-state index is 12.3. The monoisotopic (exact) mass is 367 g/mol. The van der Waals surface area contributed by atoms with Crippen LogP contribution < -0.4 is 4.90 Å². The van der Waals surface area contributed by atoms with Gasteiger partial charge in [-0.1, -0.05) is 41.7 Å². The molecule has 1 aromatic heterocycles. The molecule has 1 heterocycles. The number of hydrogen-bond donors (Lipinski definition) is 0. The molecule has 0 N–H and O–H groups in total. The van der Waals surface area contributed by atoms with Crippen LogP contribution in [0.1, 0.15) is 56.0 Å². The van der Waals surface area contributed by atoms with Gasteiger partial charge in [-0.2, -0.15) is 0 Å². The lowest BCUT2D eigenvalue weighted by atomic mass is 9.50. The molecule has 2 aromatic rings. The third-order valence-corrected chi connectivity index (χ3v) is 7.89. The highest BCUT2D eigenvalue weighted by Gasteiger charge is 2.53. The van der Waals surface area contributed by atoms with Gasteiger partial charge in [-0.25, -0.2) is 0 Å². The summed E-state index contributed by atoms with van der Waals surface area (Å²) in [5.74, 6) is 2.70. The van der Waals surface area contributed by atoms with Crippen molar-refractivity contribution in [2.45, 2.75) is 57.4 Å². The molecule has 0 radical (unpaired) electrons. The third-order valence-electron chi connectivity index (χ3n) is 6.70. The van der Waals surface area contributed by atoms with E-state index in [4.69, 9.17) is 0 Å². The van der Waals surface area contributed by atoms with Gasteiger partial charge in [-0.3, -0.25) is 9.69 Å². The lowest BCUT2D eigenvalue weighted by Crippen LogP contribution is -2.48. The second kappa shape index (κ2) is 6.15. The highest BCUT2D eigenvalue weighted by molar-refractivity contribution is 7.15. The number of carbonyl (C=O) groups excluding carboxylic acids is 1. The molecule has 4 aliphatic rings. The molecule has 1 amide bonds. The van der Waals surface area contributed by atoms with Gasteiger partial charge in [0.1, 0.15) is 5.01 Å². The fraction of sp³-hybridized carbons (Fsp3) is 0.571. The summed E-state index contributed by atoms with van der Waals surface area (Å²) in [6.07, 6.45) is 8.14. The van der Waals surface area contributed by atoms with E-state index in [1.54, 1.807) is 23.2 Å². The molecule has 0 aliphatic heterocycles. The normalized spacial score (nSPS) is 32.0. The predicted molar refractivity (Wildman–Crippen MR) is 103 cm³/mol. The Morgan fingerprint density at radius 2 is 1.69 bits per heavy atom. The van der Waals surface area contributed by atoms with Crippen molar-refractivity contribution in [3.8, 4) is 0 Å². The minimum absolute atomic E-state index is 0.0297. The molecule has 26 heavy (non-hydrogen) atoms. The Bertz CT molecular complexity index is 780. The molecule has 5 heteroatoms. The summed E-state index contributed by atoms with van der Waals surface area (Å²) in [4.78, 5) is 14.0. The summed E-state index contributed by atoms with van der Waals surface area (Å²) < 4.78 is 0. The summed E-state index contributed by atoms with van der Waals surface area (Å²) in [6, 6.07) is 10.1. The SMILES string of the molecule is CC(=O)N(Cc1ccccc1)c1nnc(C23CC4CC(CC(C4)C2)C3)s1. The number of hydrogen-bond acceptors (Lipinski definition) is 4. The van der Waals surface area contributed by atoms with Gasteiger partial charge in [0.25, 0.3) is 0 Å². The van der Waals surface area contributed by atoms with Crippen molar-refractivity contribution in [3.63, 3.8) is 0 Å². The van der Waals surface area contributed by atoms with Gasteiger partial charge in [-0.15, -0.1) is 10.2 Å². The van der Waals surface area contributed by atoms with Gasteiger partial charge in [0, 0.05) is 12.3 Å². The zero-order chi connectivity index (χ0) is 17.7. The van der Waals surface area contributed by atoms with Gasteiger partial charge < -0.3 is 0 Å². The fourth-order valence-corrected chi connectivity index (χ4v) is 7.10. The van der Waals surface area contributed by atoms with Crippen molar-refractivity contribution in [1.82, 2.24) is 10.2 Å². The van der Waals surface area contributed by atoms with Crippen molar-refractivity contribution >= 4 is 22.4 Å². The average Bonchev–Trinajstić information content (AvgIpc) is 3.10. The Labute approximate surface area is 158 Å². The summed E-state index contributed by atoms with van der Waals surface area (Å²) in [5, 5.41) is 11.0. The Morgan fingerprint density at radius 3 is 2.27 bits per heavy atom.